The number of aryl methyl sites for hydroxylation is 1. The van der Waals surface area contributed by atoms with E-state index in [1.54, 1.807) is 50.1 Å². The zero-order valence-electron chi connectivity index (χ0n) is 52.7. The quantitative estimate of drug-likeness (QED) is 0.0625. The number of piperidine rings is 1. The number of aliphatic carboxylic acids is 1. The first-order valence-corrected chi connectivity index (χ1v) is 30.8. The van der Waals surface area contributed by atoms with Crippen LogP contribution in [-0.2, 0) is 76.7 Å². The molecule has 3 fully saturated rings. The zero-order chi connectivity index (χ0) is 64.6. The fourth-order valence-electron chi connectivity index (χ4n) is 12.6. The smallest absolute Gasteiger partial charge is 0.409 e. The normalized spacial score (nSPS) is 26.6. The van der Waals surface area contributed by atoms with Gasteiger partial charge in [0.15, 0.2) is 5.72 Å². The second-order valence-electron chi connectivity index (χ2n) is 24.1. The van der Waals surface area contributed by atoms with Gasteiger partial charge in [0, 0.05) is 121 Å². The van der Waals surface area contributed by atoms with E-state index < -0.39 is 84.0 Å². The van der Waals surface area contributed by atoms with Gasteiger partial charge in [-0.1, -0.05) is 60.5 Å². The lowest BCUT2D eigenvalue weighted by molar-refractivity contribution is -0.162. The first kappa shape index (κ1) is 68.2. The molecular formula is C63H88ClN9O16. The monoisotopic (exact) mass is 1260 g/mol. The first-order valence-electron chi connectivity index (χ1n) is 30.4. The summed E-state index contributed by atoms with van der Waals surface area (Å²) < 4.78 is 43.1. The number of carboxylic acid groups (broad SMARTS) is 1. The Bertz CT molecular complexity index is 3150. The number of alkyl carbamates (subject to hydrolysis) is 1. The number of aliphatic hydroxyl groups is 1. The van der Waals surface area contributed by atoms with Crippen molar-refractivity contribution >= 4 is 69.9 Å². The third kappa shape index (κ3) is 15.7. The zero-order valence-corrected chi connectivity index (χ0v) is 53.5. The topological polar surface area (TPSA) is 290 Å². The second kappa shape index (κ2) is 29.5. The summed E-state index contributed by atoms with van der Waals surface area (Å²) in [6.07, 6.45) is 0.399. The maximum Gasteiger partial charge on any atom is 0.409 e. The Kier molecular flexibility index (Phi) is 22.6. The molecule has 3 aromatic rings. The molecule has 5 N–H and O–H groups in total. The number of para-hydroxylation sites is 1. The summed E-state index contributed by atoms with van der Waals surface area (Å²) in [6, 6.07) is 10.1. The van der Waals surface area contributed by atoms with Crippen molar-refractivity contribution in [2.75, 3.05) is 93.4 Å². The number of carboxylic acids is 1. The molecule has 6 heterocycles. The molecule has 2 unspecified atom stereocenters. The van der Waals surface area contributed by atoms with E-state index in [-0.39, 0.29) is 94.1 Å². The molecule has 3 saturated heterocycles. The number of fused-ring (bicyclic) bond motifs is 8. The fraction of sp³-hybridized carbons (Fsp3) is 0.603. The van der Waals surface area contributed by atoms with Crippen LogP contribution in [0.25, 0.3) is 10.9 Å². The van der Waals surface area contributed by atoms with Crippen LogP contribution in [0.5, 0.6) is 5.75 Å². The molecule has 8 rings (SSSR count). The average Bonchev–Trinajstić information content (AvgIpc) is 1.60. The molecule has 0 saturated carbocycles. The van der Waals surface area contributed by atoms with E-state index in [4.69, 9.17) is 55.6 Å². The van der Waals surface area contributed by atoms with Crippen molar-refractivity contribution in [3.63, 3.8) is 0 Å². The molecule has 89 heavy (non-hydrogen) atoms. The highest BCUT2D eigenvalue weighted by Gasteiger charge is 2.64. The van der Waals surface area contributed by atoms with E-state index in [1.165, 1.54) is 38.0 Å². The first-order chi connectivity index (χ1) is 42.3. The van der Waals surface area contributed by atoms with Crippen molar-refractivity contribution < 1.29 is 76.9 Å². The number of carbonyl (C=O) groups excluding carboxylic acids is 6. The van der Waals surface area contributed by atoms with E-state index in [1.807, 2.05) is 49.1 Å². The van der Waals surface area contributed by atoms with Crippen LogP contribution in [0.4, 0.5) is 10.5 Å². The molecule has 9 atom stereocenters. The fourth-order valence-corrected chi connectivity index (χ4v) is 12.9. The molecule has 25 nitrogen and oxygen atoms in total. The van der Waals surface area contributed by atoms with Crippen molar-refractivity contribution in [1.82, 2.24) is 34.6 Å². The van der Waals surface area contributed by atoms with Crippen LogP contribution in [0.1, 0.15) is 102 Å². The number of likely N-dealkylation sites (N-methyl/N-ethyl adjacent to an activating group) is 1. The number of esters is 1. The second-order valence-corrected chi connectivity index (χ2v) is 24.5. The van der Waals surface area contributed by atoms with Crippen LogP contribution in [0.2, 0.25) is 5.02 Å². The average molecular weight is 1260 g/mol. The number of hydrogen-bond donors (Lipinski definition) is 4. The minimum absolute atomic E-state index is 0.0112. The SMILES string of the molecule is COc1cc2cc(c1Cl)N(C)C(=O)C[C@H](OC(=O)[C@H](C)N(C)C(=O)CCC(=O)N(CCOCCOCCC(=O)O)C1CCN(C(=O)CCn3c4c(c5ccccc53)C(N)N(C)N(C)C4)CC1)[C@]1(C)OC1[C@H](C)[C@@H]1C[C@@](O)(NC(=O)O1)[C@H](OC)/C=C/C=C(\C)C2. The predicted octanol–water partition coefficient (Wildman–Crippen LogP) is 4.92. The lowest BCUT2D eigenvalue weighted by Gasteiger charge is -2.42. The predicted molar refractivity (Wildman–Crippen MR) is 328 cm³/mol. The van der Waals surface area contributed by atoms with Gasteiger partial charge in [0.2, 0.25) is 23.6 Å². The Labute approximate surface area is 524 Å². The molecule has 0 radical (unpaired) electrons. The number of nitrogens with two attached hydrogens (primary N) is 1. The van der Waals surface area contributed by atoms with E-state index in [2.05, 4.69) is 27.0 Å². The number of nitrogens with one attached hydrogen (secondary N) is 1. The lowest BCUT2D eigenvalue weighted by Crippen LogP contribution is -2.63. The minimum Gasteiger partial charge on any atom is -0.495 e. The van der Waals surface area contributed by atoms with Crippen LogP contribution < -0.4 is 20.7 Å². The summed E-state index contributed by atoms with van der Waals surface area (Å²) in [5.74, 6) is -3.55. The number of allylic oxidation sites excluding steroid dienone is 3. The number of carbonyl (C=O) groups is 7. The van der Waals surface area contributed by atoms with Crippen molar-refractivity contribution in [1.29, 1.82) is 0 Å². The van der Waals surface area contributed by atoms with Gasteiger partial charge in [0.05, 0.1) is 70.9 Å². The molecule has 26 heteroatoms. The van der Waals surface area contributed by atoms with Crippen molar-refractivity contribution in [3.8, 4) is 5.75 Å². The van der Waals surface area contributed by atoms with Gasteiger partial charge in [0.25, 0.3) is 0 Å². The minimum atomic E-state index is -1.91. The Morgan fingerprint density at radius 3 is 2.36 bits per heavy atom. The molecule has 5 amide bonds. The van der Waals surface area contributed by atoms with Gasteiger partial charge in [-0.2, -0.15) is 0 Å². The van der Waals surface area contributed by atoms with Crippen molar-refractivity contribution in [3.05, 3.63) is 82.0 Å². The van der Waals surface area contributed by atoms with Crippen LogP contribution >= 0.6 is 11.6 Å². The summed E-state index contributed by atoms with van der Waals surface area (Å²) in [7, 11) is 9.79. The van der Waals surface area contributed by atoms with Gasteiger partial charge in [-0.25, -0.2) is 19.6 Å². The van der Waals surface area contributed by atoms with Crippen LogP contribution in [0, 0.1) is 5.92 Å². The van der Waals surface area contributed by atoms with Crippen LogP contribution in [0.15, 0.2) is 60.2 Å². The molecule has 0 aliphatic carbocycles. The summed E-state index contributed by atoms with van der Waals surface area (Å²) in [5, 5.41) is 28.7. The number of hydrogen-bond acceptors (Lipinski definition) is 18. The molecule has 1 aromatic heterocycles. The van der Waals surface area contributed by atoms with Gasteiger partial charge < -0.3 is 73.3 Å². The number of rotatable bonds is 21. The van der Waals surface area contributed by atoms with Gasteiger partial charge in [-0.05, 0) is 63.8 Å². The third-order valence-electron chi connectivity index (χ3n) is 18.3. The van der Waals surface area contributed by atoms with E-state index >= 15 is 0 Å². The number of anilines is 1. The van der Waals surface area contributed by atoms with E-state index in [9.17, 15) is 38.7 Å². The van der Waals surface area contributed by atoms with Gasteiger partial charge >= 0.3 is 18.0 Å². The number of ether oxygens (including phenoxy) is 7. The van der Waals surface area contributed by atoms with Crippen LogP contribution in [0.3, 0.4) is 0 Å². The van der Waals surface area contributed by atoms with Crippen LogP contribution in [-0.4, -0.2) is 217 Å². The highest BCUT2D eigenvalue weighted by molar-refractivity contribution is 6.35. The molecule has 5 aliphatic heterocycles. The van der Waals surface area contributed by atoms with Crippen molar-refractivity contribution in [2.24, 2.45) is 11.7 Å². The number of amides is 5. The number of epoxide rings is 1. The number of methoxy groups -OCH3 is 2. The van der Waals surface area contributed by atoms with Crippen molar-refractivity contribution in [2.45, 2.75) is 153 Å². The molecule has 488 valence electrons. The maximum absolute atomic E-state index is 14.6. The number of nitrogens with zero attached hydrogens (tertiary/aromatic N) is 7. The van der Waals surface area contributed by atoms with E-state index in [0.29, 0.717) is 56.9 Å². The molecular weight excluding hydrogens is 1170 g/mol. The number of likely N-dealkylation sites (tertiary alicyclic amines) is 1. The Balaban J connectivity index is 0.937. The maximum atomic E-state index is 14.6. The van der Waals surface area contributed by atoms with Gasteiger partial charge in [0.1, 0.15) is 40.7 Å². The summed E-state index contributed by atoms with van der Waals surface area (Å²) >= 11 is 6.88. The number of hydrazine groups is 1. The molecule has 2 aromatic carbocycles. The third-order valence-corrected chi connectivity index (χ3v) is 18.6. The standard InChI is InChI=1S/C63H88ClN9O16/c1-38-14-13-17-49(84-10)63(82)36-48(87-61(81)66-63)39(2)58-62(4,89-58)50(35-54(77)69(7)45-33-41(32-38)34-47(83-9)57(45)64)88-60(80)40(3)68(6)51(74)18-19-53(76)72(27-29-86-31-30-85-28-23-55(78)79)42-20-24-71(25-21-42)52(75)22-26-73-44-16-12-11-15-43(44)56-46(73)37-67(5)70(8)59(56)65/h11-17,33-34,39-40,42,48-50,58-59,82H,18-32,35-37,65H2,1-10H3,(H,66,81)(H,78,79)/b17-13+,38-14+/t39-,40+,48+,49-,50+,58?,59?,62+,63+/m1/s1. The highest BCUT2D eigenvalue weighted by Crippen LogP contribution is 2.49. The Morgan fingerprint density at radius 2 is 1.66 bits per heavy atom. The summed E-state index contributed by atoms with van der Waals surface area (Å²) in [6.45, 7) is 9.34. The lowest BCUT2D eigenvalue weighted by atomic mass is 9.83. The van der Waals surface area contributed by atoms with Gasteiger partial charge in [-0.15, -0.1) is 0 Å². The number of aromatic nitrogens is 1. The van der Waals surface area contributed by atoms with E-state index in [0.717, 1.165) is 33.3 Å². The largest absolute Gasteiger partial charge is 0.495 e. The Morgan fingerprint density at radius 1 is 0.966 bits per heavy atom. The molecule has 0 spiro atoms. The molecule has 5 aliphatic rings. The Hall–Kier alpha value is -6.68. The number of halogens is 1. The number of benzene rings is 2. The molecule has 4 bridgehead atoms. The summed E-state index contributed by atoms with van der Waals surface area (Å²) in [5.41, 5.74) is 8.58. The highest BCUT2D eigenvalue weighted by atomic mass is 35.5. The van der Waals surface area contributed by atoms with Gasteiger partial charge in [-0.3, -0.25) is 29.3 Å². The summed E-state index contributed by atoms with van der Waals surface area (Å²) in [4.78, 5) is 102.